The van der Waals surface area contributed by atoms with Gasteiger partial charge in [0.1, 0.15) is 12.4 Å². The molecule has 0 bridgehead atoms. The Morgan fingerprint density at radius 2 is 1.74 bits per heavy atom. The molecule has 1 aromatic rings. The van der Waals surface area contributed by atoms with Gasteiger partial charge in [-0.3, -0.25) is 4.55 Å². The highest BCUT2D eigenvalue weighted by molar-refractivity contribution is 7.85. The molecule has 1 N–H and O–H groups in total. The molecule has 9 heteroatoms. The summed E-state index contributed by atoms with van der Waals surface area (Å²) in [5.41, 5.74) is -1.06. The Labute approximate surface area is 106 Å². The third kappa shape index (κ3) is 5.26. The molecule has 0 radical (unpaired) electrons. The second-order valence-corrected chi connectivity index (χ2v) is 5.07. The lowest BCUT2D eigenvalue weighted by atomic mass is 10.1. The third-order valence-corrected chi connectivity index (χ3v) is 2.70. The van der Waals surface area contributed by atoms with E-state index in [9.17, 15) is 26.4 Å². The van der Waals surface area contributed by atoms with E-state index in [2.05, 4.69) is 4.74 Å². The minimum atomic E-state index is -4.51. The summed E-state index contributed by atoms with van der Waals surface area (Å²) in [7, 11) is -4.25. The number of hydrogen-bond donors (Lipinski definition) is 1. The van der Waals surface area contributed by atoms with Gasteiger partial charge in [-0.2, -0.15) is 21.6 Å². The van der Waals surface area contributed by atoms with Crippen LogP contribution in [0.1, 0.15) is 15.9 Å². The molecule has 0 aliphatic carbocycles. The second-order valence-electron chi connectivity index (χ2n) is 3.50. The summed E-state index contributed by atoms with van der Waals surface area (Å²) in [6.07, 6.45) is -4.51. The molecule has 0 aliphatic rings. The smallest absolute Gasteiger partial charge is 0.416 e. The van der Waals surface area contributed by atoms with E-state index in [1.807, 2.05) is 0 Å². The molecular weight excluding hydrogens is 289 g/mol. The van der Waals surface area contributed by atoms with Crippen molar-refractivity contribution in [2.75, 3.05) is 12.4 Å². The Bertz CT molecular complexity index is 548. The van der Waals surface area contributed by atoms with Gasteiger partial charge in [0.25, 0.3) is 10.1 Å². The van der Waals surface area contributed by atoms with Crippen LogP contribution in [0.5, 0.6) is 0 Å². The van der Waals surface area contributed by atoms with Gasteiger partial charge in [-0.15, -0.1) is 0 Å². The first-order valence-electron chi connectivity index (χ1n) is 4.89. The third-order valence-electron chi connectivity index (χ3n) is 2.02. The number of benzene rings is 1. The van der Waals surface area contributed by atoms with Crippen LogP contribution < -0.4 is 0 Å². The first kappa shape index (κ1) is 15.4. The molecule has 0 aromatic heterocycles. The fourth-order valence-corrected chi connectivity index (χ4v) is 1.41. The first-order chi connectivity index (χ1) is 8.59. The van der Waals surface area contributed by atoms with Crippen LogP contribution in [-0.4, -0.2) is 31.3 Å². The fraction of sp³-hybridized carbons (Fsp3) is 0.300. The summed E-state index contributed by atoms with van der Waals surface area (Å²) in [6.45, 7) is -0.585. The Hall–Kier alpha value is -1.61. The highest BCUT2D eigenvalue weighted by atomic mass is 32.2. The van der Waals surface area contributed by atoms with Crippen molar-refractivity contribution >= 4 is 16.1 Å². The molecule has 0 heterocycles. The average molecular weight is 298 g/mol. The number of alkyl halides is 3. The maximum Gasteiger partial charge on any atom is 0.416 e. The first-order valence-corrected chi connectivity index (χ1v) is 6.50. The Morgan fingerprint density at radius 1 is 1.21 bits per heavy atom. The molecule has 0 amide bonds. The quantitative estimate of drug-likeness (QED) is 0.676. The Morgan fingerprint density at radius 3 is 2.16 bits per heavy atom. The average Bonchev–Trinajstić information content (AvgIpc) is 2.26. The van der Waals surface area contributed by atoms with Crippen LogP contribution >= 0.6 is 0 Å². The van der Waals surface area contributed by atoms with Gasteiger partial charge < -0.3 is 4.74 Å². The lowest BCUT2D eigenvalue weighted by Crippen LogP contribution is -2.15. The summed E-state index contributed by atoms with van der Waals surface area (Å²) in [5.74, 6) is -1.75. The maximum atomic E-state index is 12.2. The van der Waals surface area contributed by atoms with Crippen molar-refractivity contribution in [2.24, 2.45) is 0 Å². The standard InChI is InChI=1S/C10H9F3O5S/c11-10(12,13)8-3-1-7(2-4-8)9(14)18-5-6-19(15,16)17/h1-4H,5-6H2,(H,15,16,17). The van der Waals surface area contributed by atoms with Crippen molar-refractivity contribution in [2.45, 2.75) is 6.18 Å². The lowest BCUT2D eigenvalue weighted by Gasteiger charge is -2.07. The molecule has 0 saturated carbocycles. The Balaban J connectivity index is 2.64. The summed E-state index contributed by atoms with van der Waals surface area (Å²) >= 11 is 0. The number of halogens is 3. The number of hydrogen-bond acceptors (Lipinski definition) is 4. The fourth-order valence-electron chi connectivity index (χ4n) is 1.12. The highest BCUT2D eigenvalue weighted by Crippen LogP contribution is 2.29. The molecule has 0 fully saturated rings. The van der Waals surface area contributed by atoms with Crippen LogP contribution in [-0.2, 0) is 21.0 Å². The van der Waals surface area contributed by atoms with E-state index in [0.29, 0.717) is 12.1 Å². The van der Waals surface area contributed by atoms with E-state index >= 15 is 0 Å². The zero-order chi connectivity index (χ0) is 14.7. The number of carbonyl (C=O) groups excluding carboxylic acids is 1. The lowest BCUT2D eigenvalue weighted by molar-refractivity contribution is -0.137. The highest BCUT2D eigenvalue weighted by Gasteiger charge is 2.30. The summed E-state index contributed by atoms with van der Waals surface area (Å²) < 4.78 is 70.3. The van der Waals surface area contributed by atoms with Gasteiger partial charge in [-0.05, 0) is 24.3 Å². The SMILES string of the molecule is O=C(OCCS(=O)(=O)O)c1ccc(C(F)(F)F)cc1. The van der Waals surface area contributed by atoms with Crippen molar-refractivity contribution < 1.29 is 35.7 Å². The van der Waals surface area contributed by atoms with Crippen LogP contribution in [0.3, 0.4) is 0 Å². The second kappa shape index (κ2) is 5.57. The van der Waals surface area contributed by atoms with Crippen molar-refractivity contribution in [1.29, 1.82) is 0 Å². The van der Waals surface area contributed by atoms with Gasteiger partial charge in [0, 0.05) is 0 Å². The molecule has 0 aliphatic heterocycles. The van der Waals surface area contributed by atoms with Gasteiger partial charge >= 0.3 is 12.1 Å². The van der Waals surface area contributed by atoms with Crippen LogP contribution in [0.15, 0.2) is 24.3 Å². The number of carbonyl (C=O) groups is 1. The van der Waals surface area contributed by atoms with E-state index in [0.717, 1.165) is 12.1 Å². The van der Waals surface area contributed by atoms with Gasteiger partial charge in [0.05, 0.1) is 11.1 Å². The molecule has 1 rings (SSSR count). The van der Waals surface area contributed by atoms with Crippen LogP contribution in [0, 0.1) is 0 Å². The summed E-state index contributed by atoms with van der Waals surface area (Å²) in [5, 5.41) is 0. The summed E-state index contributed by atoms with van der Waals surface area (Å²) in [4.78, 5) is 11.3. The zero-order valence-electron chi connectivity index (χ0n) is 9.35. The van der Waals surface area contributed by atoms with E-state index in [1.165, 1.54) is 0 Å². The molecule has 106 valence electrons. The van der Waals surface area contributed by atoms with Crippen molar-refractivity contribution in [1.82, 2.24) is 0 Å². The van der Waals surface area contributed by atoms with Gasteiger partial charge in [-0.25, -0.2) is 4.79 Å². The van der Waals surface area contributed by atoms with Crippen LogP contribution in [0.25, 0.3) is 0 Å². The van der Waals surface area contributed by atoms with E-state index in [1.54, 1.807) is 0 Å². The number of ether oxygens (including phenoxy) is 1. The molecule has 0 saturated heterocycles. The van der Waals surface area contributed by atoms with E-state index in [4.69, 9.17) is 4.55 Å². The topological polar surface area (TPSA) is 80.7 Å². The molecule has 1 aromatic carbocycles. The minimum absolute atomic E-state index is 0.150. The van der Waals surface area contributed by atoms with Gasteiger partial charge in [0.2, 0.25) is 0 Å². The summed E-state index contributed by atoms with van der Waals surface area (Å²) in [6, 6.07) is 3.25. The minimum Gasteiger partial charge on any atom is -0.461 e. The molecule has 0 unspecified atom stereocenters. The molecule has 0 spiro atoms. The largest absolute Gasteiger partial charge is 0.461 e. The van der Waals surface area contributed by atoms with E-state index < -0.39 is 40.2 Å². The monoisotopic (exact) mass is 298 g/mol. The predicted octanol–water partition coefficient (Wildman–Crippen LogP) is 1.75. The molecular formula is C10H9F3O5S. The normalized spacial score (nSPS) is 12.2. The van der Waals surface area contributed by atoms with Gasteiger partial charge in [-0.1, -0.05) is 0 Å². The molecule has 0 atom stereocenters. The number of esters is 1. The van der Waals surface area contributed by atoms with E-state index in [-0.39, 0.29) is 5.56 Å². The van der Waals surface area contributed by atoms with Gasteiger partial charge in [0.15, 0.2) is 0 Å². The van der Waals surface area contributed by atoms with Crippen LogP contribution in [0.2, 0.25) is 0 Å². The van der Waals surface area contributed by atoms with Crippen molar-refractivity contribution in [3.05, 3.63) is 35.4 Å². The molecule has 5 nitrogen and oxygen atoms in total. The molecule has 19 heavy (non-hydrogen) atoms. The van der Waals surface area contributed by atoms with Crippen molar-refractivity contribution in [3.63, 3.8) is 0 Å². The maximum absolute atomic E-state index is 12.2. The zero-order valence-corrected chi connectivity index (χ0v) is 10.2. The van der Waals surface area contributed by atoms with Crippen molar-refractivity contribution in [3.8, 4) is 0 Å². The number of rotatable bonds is 4. The predicted molar refractivity (Wildman–Crippen MR) is 58.1 cm³/mol. The Kier molecular flexibility index (Phi) is 4.53. The van der Waals surface area contributed by atoms with Crippen LogP contribution in [0.4, 0.5) is 13.2 Å².